The average molecular weight is 312 g/mol. The molecule has 0 aliphatic heterocycles. The molecule has 2 rings (SSSR count). The molecule has 0 saturated heterocycles. The van der Waals surface area contributed by atoms with Gasteiger partial charge in [-0.3, -0.25) is 4.18 Å². The molecule has 1 atom stereocenters. The molecule has 0 heterocycles. The van der Waals surface area contributed by atoms with Crippen LogP contribution in [0.3, 0.4) is 0 Å². The van der Waals surface area contributed by atoms with E-state index in [1.807, 2.05) is 0 Å². The Morgan fingerprint density at radius 1 is 0.952 bits per heavy atom. The molecular weight excluding hydrogens is 298 g/mol. The molecule has 21 heavy (non-hydrogen) atoms. The first kappa shape index (κ1) is 15.6. The largest absolute Gasteiger partial charge is 0.264 e. The standard InChI is InChI=1S/C15H14F2O3S/c1-10(20-21(2,18)19)11-3-5-12(6-4-11)13-7-8-14(16)15(17)9-13/h3-10H,1-2H3. The minimum Gasteiger partial charge on any atom is -0.262 e. The quantitative estimate of drug-likeness (QED) is 0.809. The molecule has 1 unspecified atom stereocenters. The number of benzene rings is 2. The Morgan fingerprint density at radius 2 is 1.52 bits per heavy atom. The van der Waals surface area contributed by atoms with E-state index < -0.39 is 27.9 Å². The molecule has 0 spiro atoms. The lowest BCUT2D eigenvalue weighted by atomic mass is 10.0. The SMILES string of the molecule is CC(OS(C)(=O)=O)c1ccc(-c2ccc(F)c(F)c2)cc1. The van der Waals surface area contributed by atoms with E-state index >= 15 is 0 Å². The molecule has 6 heteroatoms. The van der Waals surface area contributed by atoms with Gasteiger partial charge < -0.3 is 0 Å². The maximum atomic E-state index is 13.2. The Morgan fingerprint density at radius 3 is 2.05 bits per heavy atom. The van der Waals surface area contributed by atoms with E-state index in [2.05, 4.69) is 0 Å². The zero-order chi connectivity index (χ0) is 15.6. The molecule has 2 aromatic carbocycles. The van der Waals surface area contributed by atoms with Crippen LogP contribution in [0.5, 0.6) is 0 Å². The van der Waals surface area contributed by atoms with Crippen molar-refractivity contribution < 1.29 is 21.4 Å². The maximum Gasteiger partial charge on any atom is 0.264 e. The van der Waals surface area contributed by atoms with Gasteiger partial charge in [-0.05, 0) is 35.7 Å². The fourth-order valence-electron chi connectivity index (χ4n) is 1.94. The van der Waals surface area contributed by atoms with E-state index in [1.165, 1.54) is 6.07 Å². The molecule has 3 nitrogen and oxygen atoms in total. The fourth-order valence-corrected chi connectivity index (χ4v) is 2.58. The molecule has 0 amide bonds. The van der Waals surface area contributed by atoms with Crippen molar-refractivity contribution in [2.24, 2.45) is 0 Å². The summed E-state index contributed by atoms with van der Waals surface area (Å²) in [7, 11) is -3.54. The van der Waals surface area contributed by atoms with Gasteiger partial charge in [0, 0.05) is 0 Å². The van der Waals surface area contributed by atoms with Crippen LogP contribution in [0.4, 0.5) is 8.78 Å². The van der Waals surface area contributed by atoms with Crippen LogP contribution in [-0.2, 0) is 14.3 Å². The molecule has 0 aromatic heterocycles. The minimum absolute atomic E-state index is 0.539. The smallest absolute Gasteiger partial charge is 0.262 e. The Bertz CT molecular complexity index is 740. The maximum absolute atomic E-state index is 13.2. The van der Waals surface area contributed by atoms with Gasteiger partial charge in [-0.25, -0.2) is 8.78 Å². The van der Waals surface area contributed by atoms with Crippen molar-refractivity contribution in [3.8, 4) is 11.1 Å². The van der Waals surface area contributed by atoms with Crippen molar-refractivity contribution in [2.75, 3.05) is 6.26 Å². The zero-order valence-electron chi connectivity index (χ0n) is 11.5. The predicted molar refractivity (Wildman–Crippen MR) is 76.1 cm³/mol. The van der Waals surface area contributed by atoms with Gasteiger partial charge in [-0.15, -0.1) is 0 Å². The van der Waals surface area contributed by atoms with Crippen molar-refractivity contribution in [1.29, 1.82) is 0 Å². The summed E-state index contributed by atoms with van der Waals surface area (Å²) in [6.45, 7) is 1.62. The molecule has 2 aromatic rings. The van der Waals surface area contributed by atoms with Gasteiger partial charge in [0.1, 0.15) is 0 Å². The topological polar surface area (TPSA) is 43.4 Å². The van der Waals surface area contributed by atoms with Gasteiger partial charge in [0.15, 0.2) is 11.6 Å². The average Bonchev–Trinajstić information content (AvgIpc) is 2.40. The van der Waals surface area contributed by atoms with E-state index in [0.717, 1.165) is 18.4 Å². The van der Waals surface area contributed by atoms with E-state index in [9.17, 15) is 17.2 Å². The van der Waals surface area contributed by atoms with E-state index in [1.54, 1.807) is 31.2 Å². The van der Waals surface area contributed by atoms with Crippen molar-refractivity contribution in [3.63, 3.8) is 0 Å². The van der Waals surface area contributed by atoms with Gasteiger partial charge in [0.05, 0.1) is 12.4 Å². The molecular formula is C15H14F2O3S. The van der Waals surface area contributed by atoms with Crippen molar-refractivity contribution in [3.05, 3.63) is 59.7 Å². The number of hydrogen-bond acceptors (Lipinski definition) is 3. The van der Waals surface area contributed by atoms with Crippen LogP contribution in [0.1, 0.15) is 18.6 Å². The molecule has 0 bridgehead atoms. The third-order valence-electron chi connectivity index (χ3n) is 2.95. The first-order valence-electron chi connectivity index (χ1n) is 6.20. The van der Waals surface area contributed by atoms with Gasteiger partial charge in [0.25, 0.3) is 10.1 Å². The van der Waals surface area contributed by atoms with E-state index in [4.69, 9.17) is 4.18 Å². The van der Waals surface area contributed by atoms with E-state index in [0.29, 0.717) is 16.7 Å². The summed E-state index contributed by atoms with van der Waals surface area (Å²) in [4.78, 5) is 0. The first-order chi connectivity index (χ1) is 9.76. The predicted octanol–water partition coefficient (Wildman–Crippen LogP) is 3.67. The van der Waals surface area contributed by atoms with Gasteiger partial charge in [-0.2, -0.15) is 8.42 Å². The summed E-state index contributed by atoms with van der Waals surface area (Å²) in [6.07, 6.45) is 0.373. The second kappa shape index (κ2) is 5.91. The van der Waals surface area contributed by atoms with Crippen LogP contribution < -0.4 is 0 Å². The molecule has 0 aliphatic rings. The summed E-state index contributed by atoms with van der Waals surface area (Å²) in [5.74, 6) is -1.81. The van der Waals surface area contributed by atoms with Crippen LogP contribution in [0.2, 0.25) is 0 Å². The summed E-state index contributed by atoms with van der Waals surface area (Å²) in [5.41, 5.74) is 1.91. The Labute approximate surface area is 122 Å². The Balaban J connectivity index is 2.24. The lowest BCUT2D eigenvalue weighted by molar-refractivity contribution is 0.237. The van der Waals surface area contributed by atoms with Gasteiger partial charge in [0.2, 0.25) is 0 Å². The summed E-state index contributed by atoms with van der Waals surface area (Å²) in [6, 6.07) is 10.4. The second-order valence-electron chi connectivity index (χ2n) is 4.69. The lowest BCUT2D eigenvalue weighted by Crippen LogP contribution is -2.07. The van der Waals surface area contributed by atoms with Crippen molar-refractivity contribution in [2.45, 2.75) is 13.0 Å². The molecule has 0 fully saturated rings. The number of halogens is 2. The molecule has 0 saturated carbocycles. The highest BCUT2D eigenvalue weighted by atomic mass is 32.2. The highest BCUT2D eigenvalue weighted by molar-refractivity contribution is 7.86. The Hall–Kier alpha value is -1.79. The fraction of sp³-hybridized carbons (Fsp3) is 0.200. The third-order valence-corrected chi connectivity index (χ3v) is 3.59. The van der Waals surface area contributed by atoms with Gasteiger partial charge >= 0.3 is 0 Å². The third kappa shape index (κ3) is 4.09. The Kier molecular flexibility index (Phi) is 4.39. The highest BCUT2D eigenvalue weighted by Crippen LogP contribution is 2.25. The summed E-state index contributed by atoms with van der Waals surface area (Å²) >= 11 is 0. The summed E-state index contributed by atoms with van der Waals surface area (Å²) in [5, 5.41) is 0. The van der Waals surface area contributed by atoms with Crippen LogP contribution in [0.15, 0.2) is 42.5 Å². The number of hydrogen-bond donors (Lipinski definition) is 0. The van der Waals surface area contributed by atoms with E-state index in [-0.39, 0.29) is 0 Å². The van der Waals surface area contributed by atoms with Crippen LogP contribution in [-0.4, -0.2) is 14.7 Å². The number of rotatable bonds is 4. The normalized spacial score (nSPS) is 13.1. The van der Waals surface area contributed by atoms with Crippen LogP contribution in [0, 0.1) is 11.6 Å². The van der Waals surface area contributed by atoms with Crippen molar-refractivity contribution >= 4 is 10.1 Å². The monoisotopic (exact) mass is 312 g/mol. The summed E-state index contributed by atoms with van der Waals surface area (Å²) < 4.78 is 53.1. The minimum atomic E-state index is -3.54. The molecule has 0 N–H and O–H groups in total. The highest BCUT2D eigenvalue weighted by Gasteiger charge is 2.12. The zero-order valence-corrected chi connectivity index (χ0v) is 12.3. The lowest BCUT2D eigenvalue weighted by Gasteiger charge is -2.12. The second-order valence-corrected chi connectivity index (χ2v) is 6.29. The molecule has 0 aliphatic carbocycles. The van der Waals surface area contributed by atoms with Gasteiger partial charge in [-0.1, -0.05) is 30.3 Å². The molecule has 0 radical (unpaired) electrons. The van der Waals surface area contributed by atoms with Crippen LogP contribution in [0.25, 0.3) is 11.1 Å². The molecule has 112 valence electrons. The first-order valence-corrected chi connectivity index (χ1v) is 8.01. The van der Waals surface area contributed by atoms with Crippen molar-refractivity contribution in [1.82, 2.24) is 0 Å². The van der Waals surface area contributed by atoms with Crippen LogP contribution >= 0.6 is 0 Å².